The van der Waals surface area contributed by atoms with Gasteiger partial charge in [0.05, 0.1) is 26.4 Å². The van der Waals surface area contributed by atoms with Crippen molar-refractivity contribution in [3.8, 4) is 23.0 Å². The van der Waals surface area contributed by atoms with Crippen LogP contribution in [0, 0.1) is 5.82 Å². The second-order valence-corrected chi connectivity index (χ2v) is 7.51. The molecule has 0 aliphatic carbocycles. The largest absolute Gasteiger partial charge is 0.493 e. The second kappa shape index (κ2) is 13.1. The van der Waals surface area contributed by atoms with E-state index in [0.29, 0.717) is 40.1 Å². The minimum absolute atomic E-state index is 0. The van der Waals surface area contributed by atoms with E-state index < -0.39 is 0 Å². The molecule has 0 atom stereocenters. The number of rotatable bonds is 11. The summed E-state index contributed by atoms with van der Waals surface area (Å²) < 4.78 is 35.7. The van der Waals surface area contributed by atoms with Gasteiger partial charge in [-0.15, -0.1) is 12.4 Å². The highest BCUT2D eigenvalue weighted by Crippen LogP contribution is 2.37. The Balaban J connectivity index is 0.00000385. The summed E-state index contributed by atoms with van der Waals surface area (Å²) in [5.74, 6) is 2.01. The Bertz CT molecular complexity index is 1050. The highest BCUT2D eigenvalue weighted by atomic mass is 35.5. The van der Waals surface area contributed by atoms with Crippen molar-refractivity contribution in [2.24, 2.45) is 0 Å². The normalized spacial score (nSPS) is 10.3. The molecule has 8 heteroatoms. The highest BCUT2D eigenvalue weighted by molar-refractivity contribution is 6.32. The molecular formula is C25H28Cl2FNO4. The maximum absolute atomic E-state index is 13.8. The monoisotopic (exact) mass is 495 g/mol. The van der Waals surface area contributed by atoms with Crippen molar-refractivity contribution in [2.75, 3.05) is 27.9 Å². The lowest BCUT2D eigenvalue weighted by atomic mass is 10.1. The summed E-state index contributed by atoms with van der Waals surface area (Å²) in [6.45, 7) is 1.43. The van der Waals surface area contributed by atoms with Crippen LogP contribution in [0.5, 0.6) is 23.0 Å². The minimum Gasteiger partial charge on any atom is -0.493 e. The van der Waals surface area contributed by atoms with Crippen molar-refractivity contribution in [1.82, 2.24) is 5.32 Å². The molecule has 1 N–H and O–H groups in total. The van der Waals surface area contributed by atoms with Crippen LogP contribution >= 0.6 is 24.0 Å². The van der Waals surface area contributed by atoms with Crippen LogP contribution in [0.25, 0.3) is 0 Å². The first-order valence-electron chi connectivity index (χ1n) is 10.2. The van der Waals surface area contributed by atoms with Gasteiger partial charge in [-0.25, -0.2) is 4.39 Å². The molecule has 0 aromatic heterocycles. The van der Waals surface area contributed by atoms with E-state index in [1.807, 2.05) is 30.3 Å². The van der Waals surface area contributed by atoms with E-state index in [9.17, 15) is 4.39 Å². The molecule has 3 rings (SSSR count). The molecule has 5 nitrogen and oxygen atoms in total. The molecule has 0 saturated heterocycles. The van der Waals surface area contributed by atoms with Crippen LogP contribution in [0.3, 0.4) is 0 Å². The molecule has 0 saturated carbocycles. The lowest BCUT2D eigenvalue weighted by Gasteiger charge is -2.15. The van der Waals surface area contributed by atoms with E-state index in [2.05, 4.69) is 5.32 Å². The van der Waals surface area contributed by atoms with Gasteiger partial charge in [-0.2, -0.15) is 0 Å². The average Bonchev–Trinajstić information content (AvgIpc) is 2.81. The van der Waals surface area contributed by atoms with Gasteiger partial charge < -0.3 is 24.3 Å². The first-order valence-corrected chi connectivity index (χ1v) is 10.6. The van der Waals surface area contributed by atoms with Crippen LogP contribution < -0.4 is 24.3 Å². The standard InChI is InChI=1S/C25H27ClFNO4.ClH/c1-29-22-9-8-17(13-23(22)30-2)10-11-28-15-18-12-20(26)25(24(14-18)31-3)32-16-19-6-4-5-7-21(19)27;/h4-9,12-14,28H,10-11,15-16H2,1-3H3;1H. The van der Waals surface area contributed by atoms with Gasteiger partial charge in [-0.05, 0) is 54.4 Å². The zero-order valence-electron chi connectivity index (χ0n) is 18.8. The SMILES string of the molecule is COc1ccc(CCNCc2cc(Cl)c(OCc3ccccc3F)c(OC)c2)cc1OC.Cl. The first-order chi connectivity index (χ1) is 15.5. The van der Waals surface area contributed by atoms with Gasteiger partial charge in [0.25, 0.3) is 0 Å². The summed E-state index contributed by atoms with van der Waals surface area (Å²) in [4.78, 5) is 0. The Hall–Kier alpha value is -2.67. The molecule has 0 unspecified atom stereocenters. The molecule has 0 radical (unpaired) electrons. The molecule has 0 bridgehead atoms. The summed E-state index contributed by atoms with van der Waals surface area (Å²) in [5.41, 5.74) is 2.55. The number of methoxy groups -OCH3 is 3. The molecule has 0 amide bonds. The molecule has 0 fully saturated rings. The smallest absolute Gasteiger partial charge is 0.180 e. The third-order valence-electron chi connectivity index (χ3n) is 4.99. The molecule has 0 spiro atoms. The van der Waals surface area contributed by atoms with Gasteiger partial charge in [0.1, 0.15) is 12.4 Å². The van der Waals surface area contributed by atoms with Crippen LogP contribution in [0.1, 0.15) is 16.7 Å². The number of benzene rings is 3. The molecule has 33 heavy (non-hydrogen) atoms. The lowest BCUT2D eigenvalue weighted by molar-refractivity contribution is 0.279. The molecule has 0 aliphatic rings. The molecular weight excluding hydrogens is 468 g/mol. The molecule has 178 valence electrons. The number of ether oxygens (including phenoxy) is 4. The Kier molecular flexibility index (Phi) is 10.6. The fourth-order valence-corrected chi connectivity index (χ4v) is 3.57. The van der Waals surface area contributed by atoms with Crippen molar-refractivity contribution < 1.29 is 23.3 Å². The zero-order valence-corrected chi connectivity index (χ0v) is 20.4. The van der Waals surface area contributed by atoms with Gasteiger partial charge in [0.2, 0.25) is 0 Å². The summed E-state index contributed by atoms with van der Waals surface area (Å²) in [7, 11) is 4.80. The number of hydrogen-bond donors (Lipinski definition) is 1. The number of halogens is 3. The predicted octanol–water partition coefficient (Wildman–Crippen LogP) is 5.84. The number of hydrogen-bond acceptors (Lipinski definition) is 5. The van der Waals surface area contributed by atoms with Crippen LogP contribution in [-0.4, -0.2) is 27.9 Å². The summed E-state index contributed by atoms with van der Waals surface area (Å²) in [5, 5.41) is 3.82. The van der Waals surface area contributed by atoms with Crippen molar-refractivity contribution in [3.63, 3.8) is 0 Å². The third kappa shape index (κ3) is 7.16. The second-order valence-electron chi connectivity index (χ2n) is 7.11. The van der Waals surface area contributed by atoms with Gasteiger partial charge in [0, 0.05) is 12.1 Å². The van der Waals surface area contributed by atoms with Crippen LogP contribution in [-0.2, 0) is 19.6 Å². The van der Waals surface area contributed by atoms with E-state index in [1.54, 1.807) is 39.5 Å². The minimum atomic E-state index is -0.321. The molecule has 0 heterocycles. The third-order valence-corrected chi connectivity index (χ3v) is 5.27. The predicted molar refractivity (Wildman–Crippen MR) is 131 cm³/mol. The van der Waals surface area contributed by atoms with Crippen molar-refractivity contribution in [3.05, 3.63) is 82.1 Å². The molecule has 3 aromatic carbocycles. The maximum atomic E-state index is 13.8. The van der Waals surface area contributed by atoms with E-state index in [-0.39, 0.29) is 24.8 Å². The zero-order chi connectivity index (χ0) is 22.9. The summed E-state index contributed by atoms with van der Waals surface area (Å²) >= 11 is 6.44. The fourth-order valence-electron chi connectivity index (χ4n) is 3.28. The van der Waals surface area contributed by atoms with Crippen LogP contribution in [0.2, 0.25) is 5.02 Å². The van der Waals surface area contributed by atoms with Crippen molar-refractivity contribution in [2.45, 2.75) is 19.6 Å². The first kappa shape index (κ1) is 26.6. The fraction of sp³-hybridized carbons (Fsp3) is 0.280. The average molecular weight is 496 g/mol. The van der Waals surface area contributed by atoms with E-state index in [4.69, 9.17) is 30.5 Å². The van der Waals surface area contributed by atoms with E-state index >= 15 is 0 Å². The number of nitrogens with one attached hydrogen (secondary N) is 1. The molecule has 0 aliphatic heterocycles. The Morgan fingerprint density at radius 2 is 1.55 bits per heavy atom. The Morgan fingerprint density at radius 3 is 2.24 bits per heavy atom. The maximum Gasteiger partial charge on any atom is 0.180 e. The van der Waals surface area contributed by atoms with E-state index in [1.165, 1.54) is 6.07 Å². The van der Waals surface area contributed by atoms with Crippen LogP contribution in [0.15, 0.2) is 54.6 Å². The van der Waals surface area contributed by atoms with Gasteiger partial charge >= 0.3 is 0 Å². The summed E-state index contributed by atoms with van der Waals surface area (Å²) in [6, 6.07) is 16.1. The highest BCUT2D eigenvalue weighted by Gasteiger charge is 2.13. The quantitative estimate of drug-likeness (QED) is 0.338. The van der Waals surface area contributed by atoms with Crippen LogP contribution in [0.4, 0.5) is 4.39 Å². The van der Waals surface area contributed by atoms with E-state index in [0.717, 1.165) is 24.1 Å². The lowest BCUT2D eigenvalue weighted by Crippen LogP contribution is -2.17. The Morgan fingerprint density at radius 1 is 0.848 bits per heavy atom. The van der Waals surface area contributed by atoms with Gasteiger partial charge in [-0.1, -0.05) is 35.9 Å². The van der Waals surface area contributed by atoms with Crippen molar-refractivity contribution >= 4 is 24.0 Å². The van der Waals surface area contributed by atoms with Crippen molar-refractivity contribution in [1.29, 1.82) is 0 Å². The Labute approximate surface area is 205 Å². The topological polar surface area (TPSA) is 49.0 Å². The van der Waals surface area contributed by atoms with Gasteiger partial charge in [0.15, 0.2) is 23.0 Å². The molecule has 3 aromatic rings. The summed E-state index contributed by atoms with van der Waals surface area (Å²) in [6.07, 6.45) is 0.828. The van der Waals surface area contributed by atoms with Gasteiger partial charge in [-0.3, -0.25) is 0 Å².